The number of carbonyl (C=O) groups excluding carboxylic acids is 1. The molecule has 5 atom stereocenters. The van der Waals surface area contributed by atoms with Gasteiger partial charge in [0.15, 0.2) is 0 Å². The van der Waals surface area contributed by atoms with E-state index in [0.29, 0.717) is 22.7 Å². The van der Waals surface area contributed by atoms with Gasteiger partial charge in [-0.2, -0.15) is 0 Å². The van der Waals surface area contributed by atoms with E-state index in [-0.39, 0.29) is 0 Å². The van der Waals surface area contributed by atoms with Gasteiger partial charge in [-0.25, -0.2) is 5.48 Å². The number of rotatable bonds is 6. The Labute approximate surface area is 223 Å². The number of aliphatic hydroxyl groups excluding tert-OH is 1. The molecule has 0 unspecified atom stereocenters. The lowest BCUT2D eigenvalue weighted by Crippen LogP contribution is -2.56. The normalized spacial score (nSPS) is 28.0. The third kappa shape index (κ3) is 3.34. The molecule has 1 heterocycles. The lowest BCUT2D eigenvalue weighted by molar-refractivity contribution is -0.145. The van der Waals surface area contributed by atoms with Gasteiger partial charge in [-0.15, -0.1) is 0 Å². The first-order valence-electron chi connectivity index (χ1n) is 11.8. The molecule has 0 radical (unpaired) electrons. The summed E-state index contributed by atoms with van der Waals surface area (Å²) in [6.45, 7) is 0. The van der Waals surface area contributed by atoms with E-state index < -0.39 is 35.0 Å². The van der Waals surface area contributed by atoms with Gasteiger partial charge in [0.25, 0.3) is 0 Å². The van der Waals surface area contributed by atoms with Crippen molar-refractivity contribution in [1.82, 2.24) is 5.48 Å². The molecule has 1 saturated carbocycles. The summed E-state index contributed by atoms with van der Waals surface area (Å²) in [6, 6.07) is 20.5. The van der Waals surface area contributed by atoms with E-state index in [9.17, 15) is 15.0 Å². The van der Waals surface area contributed by atoms with Crippen LogP contribution in [0.2, 0.25) is 0 Å². The summed E-state index contributed by atoms with van der Waals surface area (Å²) < 4.78 is 12.1. The van der Waals surface area contributed by atoms with Crippen LogP contribution in [0.15, 0.2) is 71.2 Å². The SMILES string of the molecule is CONC(=O)[C@H]1[C@@H](O)[C@@]2(O)c3c(OC)cc(OC)cc3N(C)[C@@]2(c2ccc(Br)cc2)[C@@H]1c1ccccc1. The van der Waals surface area contributed by atoms with Gasteiger partial charge in [-0.3, -0.25) is 9.63 Å². The molecular weight excluding hydrogens is 540 g/mol. The average Bonchev–Trinajstić information content (AvgIpc) is 3.25. The molecule has 1 amide bonds. The molecule has 9 heteroatoms. The number of hydroxylamine groups is 1. The molecule has 1 aliphatic carbocycles. The molecular formula is C28H29BrN2O6. The van der Waals surface area contributed by atoms with Crippen molar-refractivity contribution in [3.8, 4) is 11.5 Å². The van der Waals surface area contributed by atoms with E-state index in [1.165, 1.54) is 14.2 Å². The molecule has 0 saturated heterocycles. The van der Waals surface area contributed by atoms with Crippen molar-refractivity contribution in [2.45, 2.75) is 23.2 Å². The Morgan fingerprint density at radius 2 is 1.70 bits per heavy atom. The van der Waals surface area contributed by atoms with Gasteiger partial charge in [0.2, 0.25) is 5.91 Å². The monoisotopic (exact) mass is 568 g/mol. The Hall–Kier alpha value is -3.11. The highest BCUT2D eigenvalue weighted by molar-refractivity contribution is 9.10. The number of benzene rings is 3. The first-order chi connectivity index (χ1) is 17.8. The number of ether oxygens (including phenoxy) is 2. The van der Waals surface area contributed by atoms with Gasteiger partial charge in [0, 0.05) is 29.6 Å². The van der Waals surface area contributed by atoms with Gasteiger partial charge < -0.3 is 24.6 Å². The number of halogens is 1. The maximum absolute atomic E-state index is 13.5. The molecule has 3 aromatic carbocycles. The molecule has 1 fully saturated rings. The van der Waals surface area contributed by atoms with Gasteiger partial charge in [-0.1, -0.05) is 58.4 Å². The minimum absolute atomic E-state index is 0.348. The summed E-state index contributed by atoms with van der Waals surface area (Å²) in [6.07, 6.45) is -1.53. The number of anilines is 1. The molecule has 37 heavy (non-hydrogen) atoms. The fourth-order valence-electron chi connectivity index (χ4n) is 6.53. The molecule has 0 bridgehead atoms. The number of carbonyl (C=O) groups is 1. The Morgan fingerprint density at radius 1 is 1.03 bits per heavy atom. The Morgan fingerprint density at radius 3 is 2.30 bits per heavy atom. The minimum atomic E-state index is -1.96. The zero-order chi connectivity index (χ0) is 26.5. The standard InChI is InChI=1S/C28H29BrN2O6/c1-31-20-14-19(35-2)15-21(36-3)24(20)28(34)25(32)22(26(33)30-37-4)23(16-8-6-5-7-9-16)27(28,31)17-10-12-18(29)13-11-17/h5-15,22-23,25,32,34H,1-4H3,(H,30,33)/t22-,23-,25-,27+,28+/m1/s1. The van der Waals surface area contributed by atoms with Gasteiger partial charge in [0.1, 0.15) is 28.7 Å². The highest BCUT2D eigenvalue weighted by atomic mass is 79.9. The van der Waals surface area contributed by atoms with Crippen molar-refractivity contribution in [1.29, 1.82) is 0 Å². The summed E-state index contributed by atoms with van der Waals surface area (Å²) in [7, 11) is 6.26. The number of hydrogen-bond donors (Lipinski definition) is 3. The topological polar surface area (TPSA) is 100 Å². The highest BCUT2D eigenvalue weighted by Gasteiger charge is 2.77. The highest BCUT2D eigenvalue weighted by Crippen LogP contribution is 2.71. The van der Waals surface area contributed by atoms with E-state index in [1.807, 2.05) is 72.6 Å². The van der Waals surface area contributed by atoms with Gasteiger partial charge in [-0.05, 0) is 23.3 Å². The molecule has 2 aliphatic rings. The minimum Gasteiger partial charge on any atom is -0.497 e. The van der Waals surface area contributed by atoms with E-state index in [4.69, 9.17) is 14.3 Å². The van der Waals surface area contributed by atoms with Crippen LogP contribution in [0.25, 0.3) is 0 Å². The summed E-state index contributed by atoms with van der Waals surface area (Å²) in [5.74, 6) is -1.42. The smallest absolute Gasteiger partial charge is 0.250 e. The summed E-state index contributed by atoms with van der Waals surface area (Å²) in [4.78, 5) is 20.4. The largest absolute Gasteiger partial charge is 0.497 e. The van der Waals surface area contributed by atoms with E-state index >= 15 is 0 Å². The van der Waals surface area contributed by atoms with Crippen LogP contribution in [0.3, 0.4) is 0 Å². The number of likely N-dealkylation sites (N-methyl/N-ethyl adjacent to an activating group) is 1. The maximum Gasteiger partial charge on any atom is 0.250 e. The van der Waals surface area contributed by atoms with Crippen LogP contribution in [0, 0.1) is 5.92 Å². The van der Waals surface area contributed by atoms with Crippen LogP contribution in [0.4, 0.5) is 5.69 Å². The number of aliphatic hydroxyl groups is 2. The zero-order valence-corrected chi connectivity index (χ0v) is 22.5. The Balaban J connectivity index is 1.92. The van der Waals surface area contributed by atoms with Crippen molar-refractivity contribution >= 4 is 27.5 Å². The first-order valence-corrected chi connectivity index (χ1v) is 12.6. The molecule has 3 N–H and O–H groups in total. The lowest BCUT2D eigenvalue weighted by Gasteiger charge is -2.47. The predicted octanol–water partition coefficient (Wildman–Crippen LogP) is 3.45. The summed E-state index contributed by atoms with van der Waals surface area (Å²) in [5, 5.41) is 25.0. The number of fused-ring (bicyclic) bond motifs is 3. The predicted molar refractivity (Wildman–Crippen MR) is 141 cm³/mol. The third-order valence-corrected chi connectivity index (χ3v) is 8.42. The lowest BCUT2D eigenvalue weighted by atomic mass is 9.68. The molecule has 3 aromatic rings. The van der Waals surface area contributed by atoms with Crippen LogP contribution < -0.4 is 19.9 Å². The second kappa shape index (κ2) is 9.33. The molecule has 1 aliphatic heterocycles. The number of amides is 1. The van der Waals surface area contributed by atoms with E-state index in [2.05, 4.69) is 21.4 Å². The third-order valence-electron chi connectivity index (χ3n) is 7.89. The van der Waals surface area contributed by atoms with Crippen molar-refractivity contribution in [3.05, 3.63) is 87.9 Å². The van der Waals surface area contributed by atoms with Crippen LogP contribution >= 0.6 is 15.9 Å². The van der Waals surface area contributed by atoms with Crippen molar-refractivity contribution in [2.75, 3.05) is 33.3 Å². The van der Waals surface area contributed by atoms with E-state index in [1.54, 1.807) is 13.2 Å². The average molecular weight is 569 g/mol. The molecule has 8 nitrogen and oxygen atoms in total. The molecule has 5 rings (SSSR count). The summed E-state index contributed by atoms with van der Waals surface area (Å²) >= 11 is 3.51. The van der Waals surface area contributed by atoms with Crippen molar-refractivity contribution in [3.63, 3.8) is 0 Å². The second-order valence-electron chi connectivity index (χ2n) is 9.35. The van der Waals surface area contributed by atoms with Crippen molar-refractivity contribution < 1.29 is 29.3 Å². The van der Waals surface area contributed by atoms with E-state index in [0.717, 1.165) is 15.6 Å². The number of nitrogens with zero attached hydrogens (tertiary/aromatic N) is 1. The second-order valence-corrected chi connectivity index (χ2v) is 10.3. The van der Waals surface area contributed by atoms with Gasteiger partial charge in [0.05, 0.1) is 38.5 Å². The molecule has 0 spiro atoms. The Bertz CT molecular complexity index is 1320. The van der Waals surface area contributed by atoms with Crippen LogP contribution in [0.1, 0.15) is 22.6 Å². The Kier molecular flexibility index (Phi) is 6.44. The molecule has 0 aromatic heterocycles. The van der Waals surface area contributed by atoms with Crippen LogP contribution in [-0.4, -0.2) is 50.6 Å². The number of methoxy groups -OCH3 is 2. The maximum atomic E-state index is 13.5. The fraction of sp³-hybridized carbons (Fsp3) is 0.321. The quantitative estimate of drug-likeness (QED) is 0.391. The van der Waals surface area contributed by atoms with Crippen LogP contribution in [-0.2, 0) is 20.8 Å². The van der Waals surface area contributed by atoms with Crippen molar-refractivity contribution in [2.24, 2.45) is 5.92 Å². The number of hydrogen-bond acceptors (Lipinski definition) is 7. The fourth-order valence-corrected chi connectivity index (χ4v) is 6.79. The number of nitrogens with one attached hydrogen (secondary N) is 1. The zero-order valence-electron chi connectivity index (χ0n) is 20.9. The summed E-state index contributed by atoms with van der Waals surface area (Å²) in [5.41, 5.74) is 1.65. The first kappa shape index (κ1) is 25.5. The van der Waals surface area contributed by atoms with Gasteiger partial charge >= 0.3 is 0 Å². The van der Waals surface area contributed by atoms with Crippen LogP contribution in [0.5, 0.6) is 11.5 Å². The molecule has 194 valence electrons.